The van der Waals surface area contributed by atoms with E-state index in [1.165, 1.54) is 11.3 Å². The van der Waals surface area contributed by atoms with Crippen molar-refractivity contribution in [3.63, 3.8) is 0 Å². The van der Waals surface area contributed by atoms with Crippen LogP contribution in [0.3, 0.4) is 0 Å². The fraction of sp³-hybridized carbons (Fsp3) is 0.500. The summed E-state index contributed by atoms with van der Waals surface area (Å²) in [5, 5.41) is 0.742. The van der Waals surface area contributed by atoms with Gasteiger partial charge in [0, 0.05) is 17.9 Å². The van der Waals surface area contributed by atoms with Gasteiger partial charge >= 0.3 is 0 Å². The number of rotatable bonds is 4. The molecule has 90 valence electrons. The van der Waals surface area contributed by atoms with Crippen LogP contribution in [0.25, 0.3) is 0 Å². The van der Waals surface area contributed by atoms with Crippen molar-refractivity contribution in [2.24, 2.45) is 0 Å². The lowest BCUT2D eigenvalue weighted by Gasteiger charge is -2.25. The summed E-state index contributed by atoms with van der Waals surface area (Å²) < 4.78 is 0.992. The number of thiophene rings is 1. The molecule has 1 heterocycles. The fourth-order valence-electron chi connectivity index (χ4n) is 1.33. The maximum absolute atomic E-state index is 12.2. The third-order valence-electron chi connectivity index (χ3n) is 2.10. The van der Waals surface area contributed by atoms with Crippen molar-refractivity contribution in [2.45, 2.75) is 19.9 Å². The van der Waals surface area contributed by atoms with Crippen molar-refractivity contribution in [2.75, 3.05) is 11.9 Å². The van der Waals surface area contributed by atoms with Gasteiger partial charge in [-0.1, -0.05) is 39.1 Å². The average Bonchev–Trinajstić information content (AvgIpc) is 2.53. The number of alkyl halides is 1. The predicted octanol–water partition coefficient (Wildman–Crippen LogP) is 4.30. The van der Waals surface area contributed by atoms with E-state index in [1.54, 1.807) is 11.0 Å². The highest BCUT2D eigenvalue weighted by Gasteiger charge is 2.22. The third-order valence-corrected chi connectivity index (χ3v) is 3.94. The van der Waals surface area contributed by atoms with Crippen LogP contribution in [-0.2, 0) is 0 Å². The topological polar surface area (TPSA) is 20.3 Å². The monoisotopic (exact) mass is 343 g/mol. The van der Waals surface area contributed by atoms with Gasteiger partial charge < -0.3 is 4.90 Å². The molecule has 6 heteroatoms. The van der Waals surface area contributed by atoms with Crippen molar-refractivity contribution in [1.82, 2.24) is 4.90 Å². The van der Waals surface area contributed by atoms with E-state index in [4.69, 9.17) is 23.2 Å². The Morgan fingerprint density at radius 2 is 2.19 bits per heavy atom. The van der Waals surface area contributed by atoms with Gasteiger partial charge in [0.1, 0.15) is 4.34 Å². The quantitative estimate of drug-likeness (QED) is 0.745. The Labute approximate surface area is 118 Å². The zero-order valence-corrected chi connectivity index (χ0v) is 12.9. The average molecular weight is 345 g/mol. The Kier molecular flexibility index (Phi) is 5.57. The van der Waals surface area contributed by atoms with Gasteiger partial charge in [0.05, 0.1) is 9.90 Å². The van der Waals surface area contributed by atoms with Crippen LogP contribution in [0.2, 0.25) is 8.67 Å². The Hall–Kier alpha value is 0.230. The third kappa shape index (κ3) is 3.36. The van der Waals surface area contributed by atoms with Crippen LogP contribution >= 0.6 is 50.5 Å². The molecule has 0 bridgehead atoms. The lowest BCUT2D eigenvalue weighted by Crippen LogP contribution is -2.38. The Morgan fingerprint density at radius 3 is 2.56 bits per heavy atom. The summed E-state index contributed by atoms with van der Waals surface area (Å²) in [5.41, 5.74) is 0.492. The standard InChI is InChI=1S/C10H12BrCl2NOS/c1-6(2)14(4-3-11)10(15)7-5-8(12)16-9(7)13/h5-6H,3-4H2,1-2H3. The van der Waals surface area contributed by atoms with Crippen LogP contribution in [0.15, 0.2) is 6.07 Å². The summed E-state index contributed by atoms with van der Waals surface area (Å²) in [7, 11) is 0. The number of carbonyl (C=O) groups is 1. The maximum atomic E-state index is 12.2. The molecule has 0 unspecified atom stereocenters. The zero-order valence-electron chi connectivity index (χ0n) is 8.97. The van der Waals surface area contributed by atoms with Gasteiger partial charge in [0.2, 0.25) is 0 Å². The van der Waals surface area contributed by atoms with Crippen molar-refractivity contribution in [1.29, 1.82) is 0 Å². The SMILES string of the molecule is CC(C)N(CCBr)C(=O)c1cc(Cl)sc1Cl. The van der Waals surface area contributed by atoms with Gasteiger partial charge in [-0.15, -0.1) is 11.3 Å². The van der Waals surface area contributed by atoms with Gasteiger partial charge in [-0.25, -0.2) is 0 Å². The number of carbonyl (C=O) groups excluding carboxylic acids is 1. The summed E-state index contributed by atoms with van der Waals surface area (Å²) in [6, 6.07) is 1.76. The molecule has 0 saturated carbocycles. The first-order chi connectivity index (χ1) is 7.47. The molecule has 1 aromatic heterocycles. The first-order valence-electron chi connectivity index (χ1n) is 4.79. The minimum atomic E-state index is -0.0670. The number of hydrogen-bond donors (Lipinski definition) is 0. The van der Waals surface area contributed by atoms with Crippen LogP contribution in [0.4, 0.5) is 0 Å². The van der Waals surface area contributed by atoms with Gasteiger partial charge in [0.25, 0.3) is 5.91 Å². The summed E-state index contributed by atoms with van der Waals surface area (Å²) in [5.74, 6) is -0.0670. The van der Waals surface area contributed by atoms with E-state index in [-0.39, 0.29) is 11.9 Å². The normalized spacial score (nSPS) is 10.9. The molecule has 2 nitrogen and oxygen atoms in total. The maximum Gasteiger partial charge on any atom is 0.256 e. The molecule has 0 atom stereocenters. The lowest BCUT2D eigenvalue weighted by atomic mass is 10.2. The Bertz CT molecular complexity index is 381. The summed E-state index contributed by atoms with van der Waals surface area (Å²) in [4.78, 5) is 13.9. The van der Waals surface area contributed by atoms with Gasteiger partial charge in [-0.2, -0.15) is 0 Å². The number of hydrogen-bond acceptors (Lipinski definition) is 2. The van der Waals surface area contributed by atoms with Crippen LogP contribution < -0.4 is 0 Å². The molecule has 0 radical (unpaired) electrons. The molecular weight excluding hydrogens is 333 g/mol. The van der Waals surface area contributed by atoms with Gasteiger partial charge in [0.15, 0.2) is 0 Å². The predicted molar refractivity (Wildman–Crippen MR) is 74.3 cm³/mol. The lowest BCUT2D eigenvalue weighted by molar-refractivity contribution is 0.0720. The second kappa shape index (κ2) is 6.24. The highest BCUT2D eigenvalue weighted by atomic mass is 79.9. The highest BCUT2D eigenvalue weighted by molar-refractivity contribution is 9.09. The van der Waals surface area contributed by atoms with Crippen LogP contribution in [0.5, 0.6) is 0 Å². The molecule has 0 aliphatic heterocycles. The van der Waals surface area contributed by atoms with E-state index < -0.39 is 0 Å². The molecular formula is C10H12BrCl2NOS. The summed E-state index contributed by atoms with van der Waals surface area (Å²) >= 11 is 16.3. The molecule has 1 aromatic rings. The first-order valence-corrected chi connectivity index (χ1v) is 7.48. The van der Waals surface area contributed by atoms with Gasteiger partial charge in [-0.3, -0.25) is 4.79 Å². The summed E-state index contributed by atoms with van der Waals surface area (Å²) in [6.07, 6.45) is 0. The minimum Gasteiger partial charge on any atom is -0.335 e. The molecule has 1 rings (SSSR count). The van der Waals surface area contributed by atoms with Crippen molar-refractivity contribution < 1.29 is 4.79 Å². The van der Waals surface area contributed by atoms with E-state index >= 15 is 0 Å². The molecule has 0 aromatic carbocycles. The van der Waals surface area contributed by atoms with E-state index in [0.717, 1.165) is 5.33 Å². The van der Waals surface area contributed by atoms with E-state index in [2.05, 4.69) is 15.9 Å². The minimum absolute atomic E-state index is 0.0670. The molecule has 0 saturated heterocycles. The molecule has 0 spiro atoms. The van der Waals surface area contributed by atoms with E-state index in [0.29, 0.717) is 20.8 Å². The summed E-state index contributed by atoms with van der Waals surface area (Å²) in [6.45, 7) is 4.60. The molecule has 0 fully saturated rings. The molecule has 1 amide bonds. The molecule has 0 aliphatic carbocycles. The van der Waals surface area contributed by atoms with Crippen molar-refractivity contribution in [3.8, 4) is 0 Å². The number of halogens is 3. The smallest absolute Gasteiger partial charge is 0.256 e. The molecule has 0 aliphatic rings. The van der Waals surface area contributed by atoms with Gasteiger partial charge in [-0.05, 0) is 19.9 Å². The number of amides is 1. The van der Waals surface area contributed by atoms with Crippen LogP contribution in [0.1, 0.15) is 24.2 Å². The first kappa shape index (κ1) is 14.3. The fourth-order valence-corrected chi connectivity index (χ4v) is 3.16. The van der Waals surface area contributed by atoms with Crippen LogP contribution in [0, 0.1) is 0 Å². The number of nitrogens with zero attached hydrogens (tertiary/aromatic N) is 1. The van der Waals surface area contributed by atoms with Crippen molar-refractivity contribution >= 4 is 56.4 Å². The highest BCUT2D eigenvalue weighted by Crippen LogP contribution is 2.32. The van der Waals surface area contributed by atoms with Crippen molar-refractivity contribution in [3.05, 3.63) is 20.3 Å². The largest absolute Gasteiger partial charge is 0.335 e. The molecule has 16 heavy (non-hydrogen) atoms. The Morgan fingerprint density at radius 1 is 1.56 bits per heavy atom. The van der Waals surface area contributed by atoms with Crippen LogP contribution in [-0.4, -0.2) is 28.7 Å². The van der Waals surface area contributed by atoms with E-state index in [1.807, 2.05) is 13.8 Å². The second-order valence-electron chi connectivity index (χ2n) is 3.52. The Balaban J connectivity index is 2.94. The molecule has 0 N–H and O–H groups in total. The van der Waals surface area contributed by atoms with E-state index in [9.17, 15) is 4.79 Å². The second-order valence-corrected chi connectivity index (χ2v) is 6.60. The zero-order chi connectivity index (χ0) is 12.3.